The molecule has 0 saturated carbocycles. The molecule has 0 aliphatic heterocycles. The normalized spacial score (nSPS) is 11.2. The van der Waals surface area contributed by atoms with Gasteiger partial charge in [-0.15, -0.1) is 0 Å². The molecule has 0 unspecified atom stereocenters. The number of nitrogens with zero attached hydrogens (tertiary/aromatic N) is 6. The van der Waals surface area contributed by atoms with Gasteiger partial charge in [-0.05, 0) is 104 Å². The van der Waals surface area contributed by atoms with Gasteiger partial charge in [-0.1, -0.05) is 140 Å². The largest absolute Gasteiger partial charge is 0.256 e. The minimum atomic E-state index is 0.574. The molecule has 0 atom stereocenters. The number of hydrogen-bond acceptors (Lipinski definition) is 6. The fraction of sp³-hybridized carbons (Fsp3) is 0. The van der Waals surface area contributed by atoms with Crippen LogP contribution in [-0.4, -0.2) is 29.9 Å². The second-order valence-corrected chi connectivity index (χ2v) is 15.2. The molecular formula is C56H36N6. The predicted octanol–water partition coefficient (Wildman–Crippen LogP) is 13.7. The third-order valence-corrected chi connectivity index (χ3v) is 11.3. The van der Waals surface area contributed by atoms with Gasteiger partial charge < -0.3 is 0 Å². The van der Waals surface area contributed by atoms with Crippen molar-refractivity contribution in [3.8, 4) is 90.2 Å². The monoisotopic (exact) mass is 792 g/mol. The van der Waals surface area contributed by atoms with Crippen molar-refractivity contribution >= 4 is 21.5 Å². The molecule has 0 radical (unpaired) electrons. The lowest BCUT2D eigenvalue weighted by atomic mass is 9.89. The van der Waals surface area contributed by atoms with Gasteiger partial charge in [0.05, 0.1) is 17.1 Å². The third kappa shape index (κ3) is 7.16. The molecule has 4 aromatic heterocycles. The second-order valence-electron chi connectivity index (χ2n) is 15.2. The van der Waals surface area contributed by atoms with Crippen molar-refractivity contribution in [2.75, 3.05) is 0 Å². The highest BCUT2D eigenvalue weighted by Gasteiger charge is 2.18. The van der Waals surface area contributed by atoms with Crippen molar-refractivity contribution in [2.45, 2.75) is 0 Å². The molecule has 0 bridgehead atoms. The maximum absolute atomic E-state index is 5.26. The zero-order chi connectivity index (χ0) is 41.2. The average Bonchev–Trinajstić information content (AvgIpc) is 3.36. The van der Waals surface area contributed by atoms with Crippen molar-refractivity contribution in [3.63, 3.8) is 0 Å². The van der Waals surface area contributed by atoms with Gasteiger partial charge in [0.15, 0.2) is 17.5 Å². The Morgan fingerprint density at radius 1 is 0.242 bits per heavy atom. The lowest BCUT2D eigenvalue weighted by molar-refractivity contribution is 1.07. The lowest BCUT2D eigenvalue weighted by Gasteiger charge is -2.16. The maximum atomic E-state index is 5.26. The van der Waals surface area contributed by atoms with E-state index in [0.717, 1.165) is 72.7 Å². The molecule has 6 nitrogen and oxygen atoms in total. The zero-order valence-corrected chi connectivity index (χ0v) is 33.5. The van der Waals surface area contributed by atoms with Crippen molar-refractivity contribution in [1.29, 1.82) is 0 Å². The summed E-state index contributed by atoms with van der Waals surface area (Å²) in [5, 5.41) is 4.72. The lowest BCUT2D eigenvalue weighted by Crippen LogP contribution is -2.01. The summed E-state index contributed by atoms with van der Waals surface area (Å²) in [6.07, 6.45) is 5.45. The fourth-order valence-corrected chi connectivity index (χ4v) is 8.17. The van der Waals surface area contributed by atoms with Gasteiger partial charge >= 0.3 is 0 Å². The first-order chi connectivity index (χ1) is 30.7. The molecule has 0 N–H and O–H groups in total. The molecule has 11 aromatic rings. The Morgan fingerprint density at radius 3 is 1.03 bits per heavy atom. The van der Waals surface area contributed by atoms with Crippen LogP contribution < -0.4 is 0 Å². The molecule has 7 aromatic carbocycles. The minimum Gasteiger partial charge on any atom is -0.256 e. The number of fused-ring (bicyclic) bond motifs is 2. The van der Waals surface area contributed by atoms with Gasteiger partial charge in [0.1, 0.15) is 0 Å². The summed E-state index contributed by atoms with van der Waals surface area (Å²) in [7, 11) is 0. The van der Waals surface area contributed by atoms with Crippen LogP contribution in [0.4, 0.5) is 0 Å². The van der Waals surface area contributed by atoms with E-state index in [0.29, 0.717) is 17.5 Å². The van der Waals surface area contributed by atoms with Crippen LogP contribution in [-0.2, 0) is 0 Å². The van der Waals surface area contributed by atoms with Gasteiger partial charge in [0.2, 0.25) is 0 Å². The molecule has 0 amide bonds. The summed E-state index contributed by atoms with van der Waals surface area (Å²) in [6, 6.07) is 69.3. The molecule has 290 valence electrons. The van der Waals surface area contributed by atoms with Crippen molar-refractivity contribution in [3.05, 3.63) is 219 Å². The Labute approximate surface area is 359 Å². The van der Waals surface area contributed by atoms with E-state index >= 15 is 0 Å². The third-order valence-electron chi connectivity index (χ3n) is 11.3. The van der Waals surface area contributed by atoms with E-state index in [1.807, 2.05) is 73.2 Å². The van der Waals surface area contributed by atoms with Gasteiger partial charge in [0.25, 0.3) is 0 Å². The molecule has 6 heteroatoms. The van der Waals surface area contributed by atoms with Crippen LogP contribution in [0.3, 0.4) is 0 Å². The first kappa shape index (κ1) is 36.6. The highest BCUT2D eigenvalue weighted by atomic mass is 15.0. The number of rotatable bonds is 8. The van der Waals surface area contributed by atoms with Gasteiger partial charge in [-0.3, -0.25) is 15.0 Å². The molecule has 11 rings (SSSR count). The van der Waals surface area contributed by atoms with Gasteiger partial charge in [-0.2, -0.15) is 0 Å². The maximum Gasteiger partial charge on any atom is 0.164 e. The van der Waals surface area contributed by atoms with E-state index in [-0.39, 0.29) is 0 Å². The quantitative estimate of drug-likeness (QED) is 0.143. The average molecular weight is 793 g/mol. The number of pyridine rings is 3. The van der Waals surface area contributed by atoms with E-state index in [2.05, 4.69) is 161 Å². The molecule has 62 heavy (non-hydrogen) atoms. The Hall–Kier alpha value is -8.48. The molecular weight excluding hydrogens is 757 g/mol. The van der Waals surface area contributed by atoms with Crippen molar-refractivity contribution in [1.82, 2.24) is 29.9 Å². The zero-order valence-electron chi connectivity index (χ0n) is 33.5. The van der Waals surface area contributed by atoms with Crippen LogP contribution in [0.25, 0.3) is 112 Å². The van der Waals surface area contributed by atoms with Crippen LogP contribution in [0, 0.1) is 0 Å². The summed E-state index contributed by atoms with van der Waals surface area (Å²) in [4.78, 5) is 29.4. The Balaban J connectivity index is 1.11. The smallest absolute Gasteiger partial charge is 0.164 e. The number of aromatic nitrogens is 6. The number of hydrogen-bond donors (Lipinski definition) is 0. The summed E-state index contributed by atoms with van der Waals surface area (Å²) >= 11 is 0. The van der Waals surface area contributed by atoms with Crippen LogP contribution >= 0.6 is 0 Å². The Bertz CT molecular complexity index is 3200. The minimum absolute atomic E-state index is 0.574. The van der Waals surface area contributed by atoms with Gasteiger partial charge in [-0.25, -0.2) is 15.0 Å². The van der Waals surface area contributed by atoms with Gasteiger partial charge in [0, 0.05) is 52.0 Å². The van der Waals surface area contributed by atoms with Crippen molar-refractivity contribution < 1.29 is 0 Å². The first-order valence-electron chi connectivity index (χ1n) is 20.6. The molecule has 0 aliphatic rings. The van der Waals surface area contributed by atoms with E-state index in [4.69, 9.17) is 15.0 Å². The SMILES string of the molecule is c1ccc(-c2ccc(-c3cc(-c4nc(-c5ccc(-c6ccccn6)cc5)nc(-c5ccc(-c6ccccn6)cc5)n4)cc(-c4c5ccccc5cc5ccccc45)c3)cc2)nc1. The highest BCUT2D eigenvalue weighted by Crippen LogP contribution is 2.41. The Kier molecular flexibility index (Phi) is 9.41. The van der Waals surface area contributed by atoms with Crippen LogP contribution in [0.2, 0.25) is 0 Å². The molecule has 0 aliphatic carbocycles. The van der Waals surface area contributed by atoms with E-state index in [1.54, 1.807) is 0 Å². The predicted molar refractivity (Wildman–Crippen MR) is 252 cm³/mol. The van der Waals surface area contributed by atoms with E-state index in [1.165, 1.54) is 21.5 Å². The standard InChI is InChI=1S/C56H36N6/c1-3-13-48-43(11-1)33-44-12-2-4-14-49(44)53(48)46-34-45(37-18-20-38(21-19-37)50-15-5-8-30-57-50)35-47(36-46)56-61-54(41-26-22-39(23-27-41)51-16-6-9-31-58-51)60-55(62-56)42-28-24-40(25-29-42)52-17-7-10-32-59-52/h1-36H. The molecule has 0 spiro atoms. The Morgan fingerprint density at radius 2 is 0.597 bits per heavy atom. The number of benzene rings is 7. The molecule has 4 heterocycles. The van der Waals surface area contributed by atoms with E-state index in [9.17, 15) is 0 Å². The van der Waals surface area contributed by atoms with Crippen molar-refractivity contribution in [2.24, 2.45) is 0 Å². The summed E-state index contributed by atoms with van der Waals surface area (Å²) in [6.45, 7) is 0. The second kappa shape index (κ2) is 15.9. The first-order valence-corrected chi connectivity index (χ1v) is 20.6. The fourth-order valence-electron chi connectivity index (χ4n) is 8.17. The topological polar surface area (TPSA) is 77.3 Å². The summed E-state index contributed by atoms with van der Waals surface area (Å²) < 4.78 is 0. The van der Waals surface area contributed by atoms with Crippen LogP contribution in [0.1, 0.15) is 0 Å². The van der Waals surface area contributed by atoms with Crippen LogP contribution in [0.5, 0.6) is 0 Å². The molecule has 0 fully saturated rings. The van der Waals surface area contributed by atoms with Crippen LogP contribution in [0.15, 0.2) is 219 Å². The molecule has 0 saturated heterocycles. The van der Waals surface area contributed by atoms with E-state index < -0.39 is 0 Å². The summed E-state index contributed by atoms with van der Waals surface area (Å²) in [5.41, 5.74) is 12.8. The highest BCUT2D eigenvalue weighted by molar-refractivity contribution is 6.13. The summed E-state index contributed by atoms with van der Waals surface area (Å²) in [5.74, 6) is 1.73.